The minimum Gasteiger partial charge on any atom is -0.493 e. The van der Waals surface area contributed by atoms with Crippen LogP contribution in [0.2, 0.25) is 0 Å². The number of ether oxygens (including phenoxy) is 2. The monoisotopic (exact) mass is 357 g/mol. The molecule has 0 aliphatic heterocycles. The molecular formula is C20H23NO5. The summed E-state index contributed by atoms with van der Waals surface area (Å²) in [6, 6.07) is 14.5. The summed E-state index contributed by atoms with van der Waals surface area (Å²) >= 11 is 0. The van der Waals surface area contributed by atoms with Crippen molar-refractivity contribution in [2.75, 3.05) is 13.2 Å². The molecule has 2 N–H and O–H groups in total. The standard InChI is InChI=1S/C20H23NO5/c1-14(2)26-18-7-3-15(4-8-18)11-12-25-17-9-5-16(6-10-17)20(24)21-13-19(22)23/h3-10,14H,11-13H2,1-2H3,(H,21,24)(H,22,23). The minimum atomic E-state index is -1.08. The van der Waals surface area contributed by atoms with Crippen LogP contribution >= 0.6 is 0 Å². The van der Waals surface area contributed by atoms with Gasteiger partial charge in [-0.15, -0.1) is 0 Å². The van der Waals surface area contributed by atoms with Crippen LogP contribution in [0.1, 0.15) is 29.8 Å². The first-order chi connectivity index (χ1) is 12.4. The van der Waals surface area contributed by atoms with Crippen LogP contribution in [0.4, 0.5) is 0 Å². The number of carbonyl (C=O) groups is 2. The number of amides is 1. The van der Waals surface area contributed by atoms with Gasteiger partial charge in [-0.2, -0.15) is 0 Å². The maximum Gasteiger partial charge on any atom is 0.322 e. The van der Waals surface area contributed by atoms with Gasteiger partial charge < -0.3 is 19.9 Å². The average Bonchev–Trinajstić information content (AvgIpc) is 2.61. The van der Waals surface area contributed by atoms with Gasteiger partial charge in [0.15, 0.2) is 0 Å². The van der Waals surface area contributed by atoms with Crippen LogP contribution in [0.25, 0.3) is 0 Å². The molecule has 0 saturated heterocycles. The molecule has 6 heteroatoms. The summed E-state index contributed by atoms with van der Waals surface area (Å²) in [5.74, 6) is -0.00858. The molecule has 0 spiro atoms. The molecule has 1 amide bonds. The van der Waals surface area contributed by atoms with E-state index in [2.05, 4.69) is 5.32 Å². The van der Waals surface area contributed by atoms with E-state index < -0.39 is 18.4 Å². The molecule has 0 fully saturated rings. The van der Waals surface area contributed by atoms with Crippen molar-refractivity contribution in [1.29, 1.82) is 0 Å². The highest BCUT2D eigenvalue weighted by Crippen LogP contribution is 2.16. The highest BCUT2D eigenvalue weighted by molar-refractivity contribution is 5.95. The number of nitrogens with one attached hydrogen (secondary N) is 1. The fourth-order valence-corrected chi connectivity index (χ4v) is 2.25. The van der Waals surface area contributed by atoms with E-state index in [0.717, 1.165) is 17.7 Å². The Morgan fingerprint density at radius 2 is 1.62 bits per heavy atom. The van der Waals surface area contributed by atoms with E-state index in [4.69, 9.17) is 14.6 Å². The molecule has 0 bridgehead atoms. The van der Waals surface area contributed by atoms with Gasteiger partial charge in [0.25, 0.3) is 5.91 Å². The SMILES string of the molecule is CC(C)Oc1ccc(CCOc2ccc(C(=O)NCC(=O)O)cc2)cc1. The Bertz CT molecular complexity index is 723. The first kappa shape index (κ1) is 19.3. The third-order valence-corrected chi connectivity index (χ3v) is 3.47. The average molecular weight is 357 g/mol. The quantitative estimate of drug-likeness (QED) is 0.721. The number of hydrogen-bond acceptors (Lipinski definition) is 4. The summed E-state index contributed by atoms with van der Waals surface area (Å²) in [6.45, 7) is 4.08. The Morgan fingerprint density at radius 3 is 2.19 bits per heavy atom. The maximum absolute atomic E-state index is 11.7. The van der Waals surface area contributed by atoms with E-state index in [9.17, 15) is 9.59 Å². The lowest BCUT2D eigenvalue weighted by Crippen LogP contribution is -2.29. The number of rotatable bonds is 9. The number of carboxylic acid groups (broad SMARTS) is 1. The summed E-state index contributed by atoms with van der Waals surface area (Å²) in [5, 5.41) is 10.9. The van der Waals surface area contributed by atoms with Gasteiger partial charge in [-0.1, -0.05) is 12.1 Å². The van der Waals surface area contributed by atoms with Crippen LogP contribution in [-0.2, 0) is 11.2 Å². The number of benzene rings is 2. The molecule has 0 aliphatic rings. The van der Waals surface area contributed by atoms with Crippen molar-refractivity contribution in [1.82, 2.24) is 5.32 Å². The third kappa shape index (κ3) is 6.47. The Kier molecular flexibility index (Phi) is 7.02. The van der Waals surface area contributed by atoms with Gasteiger partial charge in [0.1, 0.15) is 18.0 Å². The molecule has 0 radical (unpaired) electrons. The van der Waals surface area contributed by atoms with Crippen LogP contribution in [0, 0.1) is 0 Å². The lowest BCUT2D eigenvalue weighted by molar-refractivity contribution is -0.135. The molecule has 2 rings (SSSR count). The zero-order valence-corrected chi connectivity index (χ0v) is 14.9. The summed E-state index contributed by atoms with van der Waals surface area (Å²) in [4.78, 5) is 22.2. The summed E-state index contributed by atoms with van der Waals surface area (Å²) in [7, 11) is 0. The van der Waals surface area contributed by atoms with Gasteiger partial charge in [-0.25, -0.2) is 0 Å². The van der Waals surface area contributed by atoms with Crippen LogP contribution in [0.15, 0.2) is 48.5 Å². The van der Waals surface area contributed by atoms with Crippen molar-refractivity contribution < 1.29 is 24.2 Å². The van der Waals surface area contributed by atoms with Crippen molar-refractivity contribution in [3.8, 4) is 11.5 Å². The Morgan fingerprint density at radius 1 is 1.00 bits per heavy atom. The van der Waals surface area contributed by atoms with Crippen molar-refractivity contribution in [2.24, 2.45) is 0 Å². The van der Waals surface area contributed by atoms with Crippen molar-refractivity contribution >= 4 is 11.9 Å². The van der Waals surface area contributed by atoms with Crippen LogP contribution in [-0.4, -0.2) is 36.2 Å². The van der Waals surface area contributed by atoms with E-state index in [0.29, 0.717) is 17.9 Å². The molecule has 0 aromatic heterocycles. The van der Waals surface area contributed by atoms with Gasteiger partial charge in [0, 0.05) is 12.0 Å². The second-order valence-corrected chi connectivity index (χ2v) is 6.01. The van der Waals surface area contributed by atoms with Gasteiger partial charge in [-0.05, 0) is 55.8 Å². The Labute approximate surface area is 152 Å². The molecule has 2 aromatic carbocycles. The first-order valence-electron chi connectivity index (χ1n) is 8.42. The normalized spacial score (nSPS) is 10.4. The Hall–Kier alpha value is -3.02. The van der Waals surface area contributed by atoms with Crippen molar-refractivity contribution in [3.63, 3.8) is 0 Å². The maximum atomic E-state index is 11.7. The summed E-state index contributed by atoms with van der Waals surface area (Å²) in [5.41, 5.74) is 1.53. The van der Waals surface area contributed by atoms with E-state index >= 15 is 0 Å². The number of hydrogen-bond donors (Lipinski definition) is 2. The molecule has 26 heavy (non-hydrogen) atoms. The second kappa shape index (κ2) is 9.46. The van der Waals surface area contributed by atoms with E-state index in [1.807, 2.05) is 38.1 Å². The molecular weight excluding hydrogens is 334 g/mol. The molecule has 0 heterocycles. The number of aliphatic carboxylic acids is 1. The highest BCUT2D eigenvalue weighted by atomic mass is 16.5. The van der Waals surface area contributed by atoms with Crippen LogP contribution < -0.4 is 14.8 Å². The zero-order valence-electron chi connectivity index (χ0n) is 14.9. The topological polar surface area (TPSA) is 84.9 Å². The van der Waals surface area contributed by atoms with E-state index in [1.54, 1.807) is 24.3 Å². The predicted octanol–water partition coefficient (Wildman–Crippen LogP) is 2.91. The van der Waals surface area contributed by atoms with Gasteiger partial charge in [0.05, 0.1) is 12.7 Å². The van der Waals surface area contributed by atoms with Crippen LogP contribution in [0.5, 0.6) is 11.5 Å². The molecule has 6 nitrogen and oxygen atoms in total. The second-order valence-electron chi connectivity index (χ2n) is 6.01. The lowest BCUT2D eigenvalue weighted by Gasteiger charge is -2.10. The fraction of sp³-hybridized carbons (Fsp3) is 0.300. The molecule has 0 unspecified atom stereocenters. The number of carbonyl (C=O) groups excluding carboxylic acids is 1. The van der Waals surface area contributed by atoms with Crippen molar-refractivity contribution in [3.05, 3.63) is 59.7 Å². The molecule has 2 aromatic rings. The molecule has 138 valence electrons. The molecule has 0 aliphatic carbocycles. The Balaban J connectivity index is 1.79. The minimum absolute atomic E-state index is 0.151. The molecule has 0 atom stereocenters. The lowest BCUT2D eigenvalue weighted by atomic mass is 10.1. The van der Waals surface area contributed by atoms with Gasteiger partial charge in [-0.3, -0.25) is 9.59 Å². The fourth-order valence-electron chi connectivity index (χ4n) is 2.25. The van der Waals surface area contributed by atoms with Crippen molar-refractivity contribution in [2.45, 2.75) is 26.4 Å². The van der Waals surface area contributed by atoms with E-state index in [-0.39, 0.29) is 6.10 Å². The highest BCUT2D eigenvalue weighted by Gasteiger charge is 2.07. The molecule has 0 saturated carbocycles. The van der Waals surface area contributed by atoms with Gasteiger partial charge >= 0.3 is 5.97 Å². The smallest absolute Gasteiger partial charge is 0.322 e. The van der Waals surface area contributed by atoms with Gasteiger partial charge in [0.2, 0.25) is 0 Å². The summed E-state index contributed by atoms with van der Waals surface area (Å²) in [6.07, 6.45) is 0.904. The zero-order chi connectivity index (χ0) is 18.9. The predicted molar refractivity (Wildman–Crippen MR) is 97.8 cm³/mol. The first-order valence-corrected chi connectivity index (χ1v) is 8.42. The van der Waals surface area contributed by atoms with Crippen LogP contribution in [0.3, 0.4) is 0 Å². The van der Waals surface area contributed by atoms with E-state index in [1.165, 1.54) is 0 Å². The summed E-state index contributed by atoms with van der Waals surface area (Å²) < 4.78 is 11.3. The number of carboxylic acids is 1. The largest absolute Gasteiger partial charge is 0.493 e. The third-order valence-electron chi connectivity index (χ3n) is 3.47.